The molecule has 0 aliphatic carbocycles. The highest BCUT2D eigenvalue weighted by atomic mass is 16.2. The Morgan fingerprint density at radius 3 is 1.86 bits per heavy atom. The molecule has 2 aliphatic heterocycles. The fraction of sp³-hybridized carbons (Fsp3) is 0.714. The molecule has 2 aliphatic rings. The van der Waals surface area contributed by atoms with Crippen molar-refractivity contribution in [3.8, 4) is 0 Å². The van der Waals surface area contributed by atoms with Crippen molar-refractivity contribution in [1.82, 2.24) is 20.0 Å². The van der Waals surface area contributed by atoms with Gasteiger partial charge in [0.25, 0.3) is 0 Å². The number of piperazine rings is 2. The Morgan fingerprint density at radius 2 is 1.41 bits per heavy atom. The maximum atomic E-state index is 12.1. The van der Waals surface area contributed by atoms with Crippen molar-refractivity contribution in [1.29, 1.82) is 0 Å². The van der Waals surface area contributed by atoms with Crippen LogP contribution in [0.4, 0.5) is 0 Å². The smallest absolute Gasteiger partial charge is 0.243 e. The standard InChI is InChI=1S/C14H22N4O4/c1-9(2)18-13(21)7-16(8-14(18)22)4-10(3)17-5-11(19)15-12(20)6-17/h9-10H,4-8H2,1-3H3,(H,15,19,20). The molecule has 0 radical (unpaired) electrons. The summed E-state index contributed by atoms with van der Waals surface area (Å²) in [6.45, 7) is 6.64. The molecule has 0 spiro atoms. The normalized spacial score (nSPS) is 23.2. The summed E-state index contributed by atoms with van der Waals surface area (Å²) in [6, 6.07) is -0.232. The van der Waals surface area contributed by atoms with Crippen LogP contribution in [0.25, 0.3) is 0 Å². The molecule has 2 saturated heterocycles. The highest BCUT2D eigenvalue weighted by molar-refractivity contribution is 6.00. The van der Waals surface area contributed by atoms with E-state index in [-0.39, 0.29) is 61.9 Å². The van der Waals surface area contributed by atoms with Crippen LogP contribution in [0.15, 0.2) is 0 Å². The molecular weight excluding hydrogens is 288 g/mol. The van der Waals surface area contributed by atoms with Crippen LogP contribution in [0.2, 0.25) is 0 Å². The second-order valence-electron chi connectivity index (χ2n) is 6.15. The largest absolute Gasteiger partial charge is 0.294 e. The van der Waals surface area contributed by atoms with Crippen LogP contribution >= 0.6 is 0 Å². The molecule has 0 aromatic heterocycles. The van der Waals surface area contributed by atoms with Crippen molar-refractivity contribution >= 4 is 23.6 Å². The van der Waals surface area contributed by atoms with Crippen LogP contribution in [0.5, 0.6) is 0 Å². The number of hydrogen-bond acceptors (Lipinski definition) is 6. The summed E-state index contributed by atoms with van der Waals surface area (Å²) in [6.07, 6.45) is 0. The van der Waals surface area contributed by atoms with E-state index in [4.69, 9.17) is 0 Å². The summed E-state index contributed by atoms with van der Waals surface area (Å²) >= 11 is 0. The molecule has 1 atom stereocenters. The Morgan fingerprint density at radius 1 is 0.909 bits per heavy atom. The monoisotopic (exact) mass is 310 g/mol. The molecule has 122 valence electrons. The predicted octanol–water partition coefficient (Wildman–Crippen LogP) is -1.59. The number of rotatable bonds is 4. The summed E-state index contributed by atoms with van der Waals surface area (Å²) < 4.78 is 0. The molecule has 0 aromatic rings. The predicted molar refractivity (Wildman–Crippen MR) is 77.6 cm³/mol. The van der Waals surface area contributed by atoms with Crippen LogP contribution in [0, 0.1) is 0 Å². The van der Waals surface area contributed by atoms with Gasteiger partial charge in [0.05, 0.1) is 26.2 Å². The number of amides is 4. The molecular formula is C14H22N4O4. The molecule has 1 unspecified atom stereocenters. The van der Waals surface area contributed by atoms with Gasteiger partial charge in [0.15, 0.2) is 0 Å². The van der Waals surface area contributed by atoms with Crippen LogP contribution in [-0.4, -0.2) is 83.1 Å². The first kappa shape index (κ1) is 16.6. The quantitative estimate of drug-likeness (QED) is 0.630. The van der Waals surface area contributed by atoms with E-state index in [1.807, 2.05) is 20.8 Å². The minimum Gasteiger partial charge on any atom is -0.294 e. The molecule has 8 nitrogen and oxygen atoms in total. The van der Waals surface area contributed by atoms with E-state index in [1.54, 1.807) is 9.80 Å². The lowest BCUT2D eigenvalue weighted by atomic mass is 10.1. The molecule has 4 amide bonds. The van der Waals surface area contributed by atoms with Crippen LogP contribution in [-0.2, 0) is 19.2 Å². The Balaban J connectivity index is 1.94. The fourth-order valence-corrected chi connectivity index (χ4v) is 2.90. The SMILES string of the molecule is CC(CN1CC(=O)N(C(C)C)C(=O)C1)N1CC(=O)NC(=O)C1. The minimum absolute atomic E-state index is 0.0961. The van der Waals surface area contributed by atoms with Crippen molar-refractivity contribution < 1.29 is 19.2 Å². The van der Waals surface area contributed by atoms with Gasteiger partial charge in [-0.2, -0.15) is 0 Å². The second-order valence-corrected chi connectivity index (χ2v) is 6.15. The highest BCUT2D eigenvalue weighted by Crippen LogP contribution is 2.11. The molecule has 0 bridgehead atoms. The molecule has 0 saturated carbocycles. The average Bonchev–Trinajstić information content (AvgIpc) is 2.35. The van der Waals surface area contributed by atoms with Gasteiger partial charge in [-0.3, -0.25) is 39.2 Å². The van der Waals surface area contributed by atoms with Gasteiger partial charge in [-0.05, 0) is 20.8 Å². The maximum absolute atomic E-state index is 12.1. The van der Waals surface area contributed by atoms with Gasteiger partial charge in [-0.25, -0.2) is 0 Å². The first-order chi connectivity index (χ1) is 10.3. The highest BCUT2D eigenvalue weighted by Gasteiger charge is 2.34. The lowest BCUT2D eigenvalue weighted by molar-refractivity contribution is -0.154. The van der Waals surface area contributed by atoms with Crippen molar-refractivity contribution in [2.75, 3.05) is 32.7 Å². The minimum atomic E-state index is -0.320. The maximum Gasteiger partial charge on any atom is 0.243 e. The van der Waals surface area contributed by atoms with Crippen molar-refractivity contribution in [2.45, 2.75) is 32.9 Å². The molecule has 0 aromatic carbocycles. The number of nitrogens with zero attached hydrogens (tertiary/aromatic N) is 3. The number of carbonyl (C=O) groups excluding carboxylic acids is 4. The third kappa shape index (κ3) is 3.69. The van der Waals surface area contributed by atoms with Gasteiger partial charge in [-0.15, -0.1) is 0 Å². The van der Waals surface area contributed by atoms with Crippen molar-refractivity contribution in [2.24, 2.45) is 0 Å². The summed E-state index contributed by atoms with van der Waals surface area (Å²) in [5.74, 6) is -1.04. The first-order valence-electron chi connectivity index (χ1n) is 7.42. The zero-order valence-corrected chi connectivity index (χ0v) is 13.2. The molecule has 2 rings (SSSR count). The number of imide groups is 2. The Labute approximate surface area is 129 Å². The van der Waals surface area contributed by atoms with Gasteiger partial charge < -0.3 is 0 Å². The van der Waals surface area contributed by atoms with E-state index in [0.717, 1.165) is 0 Å². The summed E-state index contributed by atoms with van der Waals surface area (Å²) in [7, 11) is 0. The topological polar surface area (TPSA) is 90.0 Å². The second kappa shape index (κ2) is 6.53. The van der Waals surface area contributed by atoms with E-state index in [9.17, 15) is 19.2 Å². The third-order valence-corrected chi connectivity index (χ3v) is 3.89. The molecule has 2 heterocycles. The van der Waals surface area contributed by atoms with Gasteiger partial charge in [0, 0.05) is 18.6 Å². The van der Waals surface area contributed by atoms with Crippen LogP contribution in [0.1, 0.15) is 20.8 Å². The van der Waals surface area contributed by atoms with Crippen LogP contribution in [0.3, 0.4) is 0 Å². The first-order valence-corrected chi connectivity index (χ1v) is 7.42. The number of nitrogens with one attached hydrogen (secondary N) is 1. The lowest BCUT2D eigenvalue weighted by Crippen LogP contribution is -2.60. The van der Waals surface area contributed by atoms with Gasteiger partial charge in [-0.1, -0.05) is 0 Å². The van der Waals surface area contributed by atoms with E-state index < -0.39 is 0 Å². The zero-order valence-electron chi connectivity index (χ0n) is 13.2. The van der Waals surface area contributed by atoms with Gasteiger partial charge in [0.2, 0.25) is 23.6 Å². The van der Waals surface area contributed by atoms with E-state index in [2.05, 4.69) is 5.32 Å². The van der Waals surface area contributed by atoms with E-state index >= 15 is 0 Å². The Kier molecular flexibility index (Phi) is 4.92. The molecule has 8 heteroatoms. The Hall–Kier alpha value is -1.80. The van der Waals surface area contributed by atoms with E-state index in [0.29, 0.717) is 6.54 Å². The Bertz CT molecular complexity index is 471. The van der Waals surface area contributed by atoms with Crippen LogP contribution < -0.4 is 5.32 Å². The lowest BCUT2D eigenvalue weighted by Gasteiger charge is -2.38. The summed E-state index contributed by atoms with van der Waals surface area (Å²) in [5, 5.41) is 2.25. The van der Waals surface area contributed by atoms with Crippen molar-refractivity contribution in [3.05, 3.63) is 0 Å². The molecule has 1 N–H and O–H groups in total. The zero-order chi connectivity index (χ0) is 16.4. The molecule has 2 fully saturated rings. The summed E-state index contributed by atoms with van der Waals surface area (Å²) in [5.41, 5.74) is 0. The van der Waals surface area contributed by atoms with E-state index in [1.165, 1.54) is 4.90 Å². The number of carbonyl (C=O) groups is 4. The number of hydrogen-bond donors (Lipinski definition) is 1. The third-order valence-electron chi connectivity index (χ3n) is 3.89. The average molecular weight is 310 g/mol. The van der Waals surface area contributed by atoms with Gasteiger partial charge >= 0.3 is 0 Å². The van der Waals surface area contributed by atoms with Crippen molar-refractivity contribution in [3.63, 3.8) is 0 Å². The van der Waals surface area contributed by atoms with Gasteiger partial charge in [0.1, 0.15) is 0 Å². The summed E-state index contributed by atoms with van der Waals surface area (Å²) in [4.78, 5) is 51.7. The fourth-order valence-electron chi connectivity index (χ4n) is 2.90. The molecule has 22 heavy (non-hydrogen) atoms.